The Balaban J connectivity index is 1.67. The van der Waals surface area contributed by atoms with Gasteiger partial charge in [-0.15, -0.1) is 0 Å². The van der Waals surface area contributed by atoms with E-state index in [0.717, 1.165) is 32.2 Å². The Kier molecular flexibility index (Phi) is 4.99. The number of hydrogen-bond donors (Lipinski definition) is 1. The lowest BCUT2D eigenvalue weighted by molar-refractivity contribution is -0.133. The van der Waals surface area contributed by atoms with E-state index in [1.807, 2.05) is 11.8 Å². The highest BCUT2D eigenvalue weighted by Crippen LogP contribution is 2.38. The van der Waals surface area contributed by atoms with Crippen molar-refractivity contribution in [3.8, 4) is 0 Å². The summed E-state index contributed by atoms with van der Waals surface area (Å²) in [5.41, 5.74) is 6.14. The fourth-order valence-corrected chi connectivity index (χ4v) is 6.34. The fourth-order valence-electron chi connectivity index (χ4n) is 4.46. The molecule has 0 spiro atoms. The third kappa shape index (κ3) is 3.28. The van der Waals surface area contributed by atoms with Gasteiger partial charge in [0.2, 0.25) is 15.9 Å². The smallest absolute Gasteiger partial charge is 0.241 e. The van der Waals surface area contributed by atoms with Crippen LogP contribution in [-0.4, -0.2) is 61.0 Å². The second-order valence-electron chi connectivity index (χ2n) is 7.35. The van der Waals surface area contributed by atoms with Gasteiger partial charge in [-0.25, -0.2) is 8.42 Å². The van der Waals surface area contributed by atoms with E-state index in [4.69, 9.17) is 5.73 Å². The summed E-state index contributed by atoms with van der Waals surface area (Å²) in [5.74, 6) is 1.08. The number of carbonyl (C=O) groups is 1. The molecule has 0 radical (unpaired) electrons. The lowest BCUT2D eigenvalue weighted by Gasteiger charge is -2.28. The number of fused-ring (bicyclic) bond motifs is 1. The average molecular weight is 343 g/mol. The summed E-state index contributed by atoms with van der Waals surface area (Å²) in [6.07, 6.45) is 5.09. The molecule has 0 aromatic carbocycles. The molecular formula is C16H29N3O3S. The van der Waals surface area contributed by atoms with Gasteiger partial charge in [-0.2, -0.15) is 4.31 Å². The lowest BCUT2D eigenvalue weighted by Crippen LogP contribution is -2.48. The van der Waals surface area contributed by atoms with Crippen LogP contribution < -0.4 is 5.73 Å². The largest absolute Gasteiger partial charge is 0.341 e. The first kappa shape index (κ1) is 17.2. The van der Waals surface area contributed by atoms with Gasteiger partial charge in [0.25, 0.3) is 0 Å². The van der Waals surface area contributed by atoms with E-state index in [-0.39, 0.29) is 17.7 Å². The minimum absolute atomic E-state index is 0.00386. The first-order chi connectivity index (χ1) is 10.9. The van der Waals surface area contributed by atoms with Gasteiger partial charge in [0, 0.05) is 25.7 Å². The van der Waals surface area contributed by atoms with E-state index >= 15 is 0 Å². The first-order valence-corrected chi connectivity index (χ1v) is 10.6. The molecule has 3 rings (SSSR count). The minimum Gasteiger partial charge on any atom is -0.341 e. The topological polar surface area (TPSA) is 83.7 Å². The fraction of sp³-hybridized carbons (Fsp3) is 0.938. The molecule has 3 aliphatic rings. The molecule has 23 heavy (non-hydrogen) atoms. The number of amides is 1. The minimum atomic E-state index is -3.31. The number of hydrogen-bond acceptors (Lipinski definition) is 4. The first-order valence-electron chi connectivity index (χ1n) is 8.98. The molecule has 7 heteroatoms. The molecule has 3 fully saturated rings. The van der Waals surface area contributed by atoms with E-state index < -0.39 is 16.1 Å². The van der Waals surface area contributed by atoms with Gasteiger partial charge < -0.3 is 10.6 Å². The maximum Gasteiger partial charge on any atom is 0.241 e. The third-order valence-electron chi connectivity index (χ3n) is 5.83. The molecule has 2 N–H and O–H groups in total. The van der Waals surface area contributed by atoms with Crippen LogP contribution in [0.5, 0.6) is 0 Å². The Morgan fingerprint density at radius 3 is 2.70 bits per heavy atom. The summed E-state index contributed by atoms with van der Waals surface area (Å²) in [6.45, 7) is 3.94. The Hall–Kier alpha value is -0.660. The molecule has 0 bridgehead atoms. The maximum absolute atomic E-state index is 12.9. The van der Waals surface area contributed by atoms with Crippen LogP contribution >= 0.6 is 0 Å². The summed E-state index contributed by atoms with van der Waals surface area (Å²) in [5, 5.41) is 0. The van der Waals surface area contributed by atoms with Crippen molar-refractivity contribution >= 4 is 15.9 Å². The van der Waals surface area contributed by atoms with E-state index in [0.29, 0.717) is 37.8 Å². The van der Waals surface area contributed by atoms with Crippen molar-refractivity contribution in [3.63, 3.8) is 0 Å². The molecule has 2 heterocycles. The summed E-state index contributed by atoms with van der Waals surface area (Å²) in [4.78, 5) is 14.8. The Morgan fingerprint density at radius 2 is 2.00 bits per heavy atom. The average Bonchev–Trinajstić information content (AvgIpc) is 3.21. The summed E-state index contributed by atoms with van der Waals surface area (Å²) in [7, 11) is -3.31. The Labute approximate surface area is 139 Å². The number of likely N-dealkylation sites (tertiary alicyclic amines) is 1. The molecule has 0 aromatic heterocycles. The van der Waals surface area contributed by atoms with E-state index in [2.05, 4.69) is 0 Å². The van der Waals surface area contributed by atoms with E-state index in [1.54, 1.807) is 0 Å². The zero-order chi connectivity index (χ0) is 16.6. The van der Waals surface area contributed by atoms with Crippen LogP contribution in [0.15, 0.2) is 0 Å². The quantitative estimate of drug-likeness (QED) is 0.799. The predicted octanol–water partition coefficient (Wildman–Crippen LogP) is 0.776. The SMILES string of the molecule is CCCCS(=O)(=O)N1CCCC1C(=O)N1CC2CCC(N)C2C1. The van der Waals surface area contributed by atoms with Crippen molar-refractivity contribution in [2.75, 3.05) is 25.4 Å². The molecule has 4 unspecified atom stereocenters. The summed E-state index contributed by atoms with van der Waals surface area (Å²) in [6, 6.07) is -0.280. The number of carbonyl (C=O) groups excluding carboxylic acids is 1. The number of nitrogens with two attached hydrogens (primary N) is 1. The monoisotopic (exact) mass is 343 g/mol. The van der Waals surface area contributed by atoms with Crippen molar-refractivity contribution < 1.29 is 13.2 Å². The molecule has 1 aliphatic carbocycles. The van der Waals surface area contributed by atoms with Crippen molar-refractivity contribution in [1.82, 2.24) is 9.21 Å². The molecule has 2 aliphatic heterocycles. The van der Waals surface area contributed by atoms with Crippen LogP contribution in [0.3, 0.4) is 0 Å². The molecule has 4 atom stereocenters. The zero-order valence-corrected chi connectivity index (χ0v) is 14.8. The van der Waals surface area contributed by atoms with Gasteiger partial charge in [0.15, 0.2) is 0 Å². The maximum atomic E-state index is 12.9. The molecule has 0 aromatic rings. The summed E-state index contributed by atoms with van der Waals surface area (Å²) >= 11 is 0. The normalized spacial score (nSPS) is 35.0. The lowest BCUT2D eigenvalue weighted by atomic mass is 9.98. The van der Waals surface area contributed by atoms with Gasteiger partial charge in [-0.1, -0.05) is 13.3 Å². The number of rotatable bonds is 5. The van der Waals surface area contributed by atoms with Crippen molar-refractivity contribution in [2.45, 2.75) is 57.5 Å². The van der Waals surface area contributed by atoms with Crippen LogP contribution in [0.4, 0.5) is 0 Å². The van der Waals surface area contributed by atoms with Crippen LogP contribution in [0.1, 0.15) is 45.4 Å². The van der Waals surface area contributed by atoms with E-state index in [9.17, 15) is 13.2 Å². The van der Waals surface area contributed by atoms with Gasteiger partial charge in [-0.3, -0.25) is 4.79 Å². The standard InChI is InChI=1S/C16H29N3O3S/c1-2-3-9-23(21,22)19-8-4-5-15(19)16(20)18-10-12-6-7-14(17)13(12)11-18/h12-15H,2-11,17H2,1H3. The van der Waals surface area contributed by atoms with Gasteiger partial charge >= 0.3 is 0 Å². The highest BCUT2D eigenvalue weighted by Gasteiger charge is 2.46. The zero-order valence-electron chi connectivity index (χ0n) is 14.0. The summed E-state index contributed by atoms with van der Waals surface area (Å²) < 4.78 is 26.5. The Morgan fingerprint density at radius 1 is 1.22 bits per heavy atom. The number of sulfonamides is 1. The van der Waals surface area contributed by atoms with E-state index in [1.165, 1.54) is 4.31 Å². The van der Waals surface area contributed by atoms with Crippen molar-refractivity contribution in [2.24, 2.45) is 17.6 Å². The van der Waals surface area contributed by atoms with Crippen LogP contribution in [-0.2, 0) is 14.8 Å². The van der Waals surface area contributed by atoms with Gasteiger partial charge in [-0.05, 0) is 43.9 Å². The highest BCUT2D eigenvalue weighted by atomic mass is 32.2. The van der Waals surface area contributed by atoms with Crippen molar-refractivity contribution in [3.05, 3.63) is 0 Å². The highest BCUT2D eigenvalue weighted by molar-refractivity contribution is 7.89. The molecule has 2 saturated heterocycles. The van der Waals surface area contributed by atoms with Gasteiger partial charge in [0.05, 0.1) is 5.75 Å². The van der Waals surface area contributed by atoms with Crippen LogP contribution in [0.2, 0.25) is 0 Å². The Bertz CT molecular complexity index is 551. The molecule has 132 valence electrons. The molecular weight excluding hydrogens is 314 g/mol. The second kappa shape index (κ2) is 6.69. The molecule has 1 saturated carbocycles. The predicted molar refractivity (Wildman–Crippen MR) is 89.2 cm³/mol. The second-order valence-corrected chi connectivity index (χ2v) is 9.39. The third-order valence-corrected chi connectivity index (χ3v) is 7.78. The molecule has 6 nitrogen and oxygen atoms in total. The number of nitrogens with zero attached hydrogens (tertiary/aromatic N) is 2. The van der Waals surface area contributed by atoms with Gasteiger partial charge in [0.1, 0.15) is 6.04 Å². The number of unbranched alkanes of at least 4 members (excludes halogenated alkanes) is 1. The van der Waals surface area contributed by atoms with Crippen LogP contribution in [0.25, 0.3) is 0 Å². The van der Waals surface area contributed by atoms with Crippen LogP contribution in [0, 0.1) is 11.8 Å². The van der Waals surface area contributed by atoms with Crippen molar-refractivity contribution in [1.29, 1.82) is 0 Å². The molecule has 1 amide bonds.